The van der Waals surface area contributed by atoms with Crippen LogP contribution in [0, 0.1) is 6.92 Å². The Kier molecular flexibility index (Phi) is 5.30. The molecule has 0 radical (unpaired) electrons. The van der Waals surface area contributed by atoms with E-state index in [0.717, 1.165) is 30.7 Å². The van der Waals surface area contributed by atoms with Crippen molar-refractivity contribution in [1.29, 1.82) is 0 Å². The minimum atomic E-state index is -0.0609. The van der Waals surface area contributed by atoms with E-state index in [9.17, 15) is 4.79 Å². The number of amides is 1. The van der Waals surface area contributed by atoms with E-state index in [0.29, 0.717) is 17.9 Å². The summed E-state index contributed by atoms with van der Waals surface area (Å²) >= 11 is 0. The van der Waals surface area contributed by atoms with Crippen LogP contribution in [0.5, 0.6) is 5.75 Å². The first-order chi connectivity index (χ1) is 13.6. The van der Waals surface area contributed by atoms with Crippen LogP contribution in [0.2, 0.25) is 0 Å². The Morgan fingerprint density at radius 3 is 3.07 bits per heavy atom. The third kappa shape index (κ3) is 4.17. The van der Waals surface area contributed by atoms with Gasteiger partial charge in [0.1, 0.15) is 18.0 Å². The number of nitrogens with one attached hydrogen (secondary N) is 2. The van der Waals surface area contributed by atoms with Gasteiger partial charge in [-0.05, 0) is 63.1 Å². The molecule has 28 heavy (non-hydrogen) atoms. The molecule has 3 aromatic rings. The Labute approximate surface area is 164 Å². The number of piperidine rings is 1. The van der Waals surface area contributed by atoms with E-state index >= 15 is 0 Å². The van der Waals surface area contributed by atoms with E-state index in [1.54, 1.807) is 6.07 Å². The summed E-state index contributed by atoms with van der Waals surface area (Å²) < 4.78 is 7.88. The number of aryl methyl sites for hydroxylation is 1. The van der Waals surface area contributed by atoms with Gasteiger partial charge in [-0.1, -0.05) is 12.1 Å². The summed E-state index contributed by atoms with van der Waals surface area (Å²) in [5.41, 5.74) is 3.54. The topological polar surface area (TPSA) is 67.7 Å². The highest BCUT2D eigenvalue weighted by Gasteiger charge is 2.22. The Hall–Kier alpha value is -2.86. The van der Waals surface area contributed by atoms with Crippen LogP contribution in [0.1, 0.15) is 41.4 Å². The number of aromatic nitrogens is 2. The molecular formula is C22H26N4O2. The molecule has 1 amide bonds. The number of rotatable bonds is 5. The van der Waals surface area contributed by atoms with Gasteiger partial charge in [-0.2, -0.15) is 0 Å². The first-order valence-electron chi connectivity index (χ1n) is 9.80. The van der Waals surface area contributed by atoms with Crippen molar-refractivity contribution < 1.29 is 9.53 Å². The van der Waals surface area contributed by atoms with Crippen molar-refractivity contribution in [3.05, 3.63) is 65.6 Å². The van der Waals surface area contributed by atoms with Crippen molar-refractivity contribution in [1.82, 2.24) is 20.0 Å². The third-order valence-electron chi connectivity index (χ3n) is 5.21. The summed E-state index contributed by atoms with van der Waals surface area (Å²) in [5.74, 6) is 0.602. The van der Waals surface area contributed by atoms with E-state index in [2.05, 4.69) is 29.5 Å². The van der Waals surface area contributed by atoms with Crippen molar-refractivity contribution in [3.8, 4) is 5.75 Å². The fourth-order valence-electron chi connectivity index (χ4n) is 3.60. The van der Waals surface area contributed by atoms with Crippen molar-refractivity contribution in [2.24, 2.45) is 0 Å². The lowest BCUT2D eigenvalue weighted by molar-refractivity contribution is 0.0919. The highest BCUT2D eigenvalue weighted by atomic mass is 16.5. The van der Waals surface area contributed by atoms with E-state index in [4.69, 9.17) is 4.74 Å². The van der Waals surface area contributed by atoms with E-state index in [-0.39, 0.29) is 18.0 Å². The molecule has 0 saturated carbocycles. The van der Waals surface area contributed by atoms with Gasteiger partial charge in [0.2, 0.25) is 0 Å². The molecule has 3 heterocycles. The number of benzene rings is 1. The van der Waals surface area contributed by atoms with Gasteiger partial charge in [0.25, 0.3) is 5.91 Å². The first-order valence-corrected chi connectivity index (χ1v) is 9.80. The number of nitrogens with zero attached hydrogens (tertiary/aromatic N) is 2. The Balaban J connectivity index is 1.40. The summed E-state index contributed by atoms with van der Waals surface area (Å²) in [4.78, 5) is 17.2. The number of carbonyl (C=O) groups excluding carboxylic acids is 1. The van der Waals surface area contributed by atoms with Crippen LogP contribution < -0.4 is 15.4 Å². The van der Waals surface area contributed by atoms with Gasteiger partial charge in [0.15, 0.2) is 0 Å². The maximum absolute atomic E-state index is 12.6. The van der Waals surface area contributed by atoms with Gasteiger partial charge >= 0.3 is 0 Å². The highest BCUT2D eigenvalue weighted by Crippen LogP contribution is 2.17. The molecule has 2 unspecified atom stereocenters. The lowest BCUT2D eigenvalue weighted by Gasteiger charge is -2.30. The van der Waals surface area contributed by atoms with Crippen LogP contribution in [0.25, 0.3) is 5.65 Å². The monoisotopic (exact) mass is 378 g/mol. The zero-order valence-corrected chi connectivity index (χ0v) is 16.3. The van der Waals surface area contributed by atoms with Crippen LogP contribution in [0.4, 0.5) is 0 Å². The second-order valence-corrected chi connectivity index (χ2v) is 7.49. The van der Waals surface area contributed by atoms with Crippen molar-refractivity contribution >= 4 is 11.6 Å². The standard InChI is InChI=1S/C22H26N4O2/c1-15-8-9-21-24-18(13-26(21)12-15)14-28-19-6-3-5-17(11-19)22(27)25-20-7-4-10-23-16(20)2/h3,5-6,8-9,11-13,16,20,23H,4,7,10,14H2,1-2H3,(H,25,27). The first kappa shape index (κ1) is 18.5. The Morgan fingerprint density at radius 2 is 2.21 bits per heavy atom. The zero-order chi connectivity index (χ0) is 19.5. The third-order valence-corrected chi connectivity index (χ3v) is 5.21. The van der Waals surface area contributed by atoms with Crippen molar-refractivity contribution in [2.45, 2.75) is 45.4 Å². The summed E-state index contributed by atoms with van der Waals surface area (Å²) in [7, 11) is 0. The molecule has 0 bridgehead atoms. The molecule has 0 spiro atoms. The van der Waals surface area contributed by atoms with Crippen LogP contribution in [0.15, 0.2) is 48.8 Å². The van der Waals surface area contributed by atoms with Gasteiger partial charge in [0, 0.05) is 30.0 Å². The molecule has 146 valence electrons. The molecule has 1 fully saturated rings. The molecule has 2 atom stereocenters. The Bertz CT molecular complexity index is 982. The summed E-state index contributed by atoms with van der Waals surface area (Å²) in [6, 6.07) is 11.8. The van der Waals surface area contributed by atoms with E-state index in [1.807, 2.05) is 47.1 Å². The van der Waals surface area contributed by atoms with Crippen LogP contribution in [-0.2, 0) is 6.61 Å². The maximum atomic E-state index is 12.6. The molecule has 4 rings (SSSR count). The highest BCUT2D eigenvalue weighted by molar-refractivity contribution is 5.94. The smallest absolute Gasteiger partial charge is 0.251 e. The number of ether oxygens (including phenoxy) is 1. The molecule has 1 saturated heterocycles. The number of hydrogen-bond donors (Lipinski definition) is 2. The van der Waals surface area contributed by atoms with Gasteiger partial charge in [0.05, 0.1) is 5.69 Å². The predicted molar refractivity (Wildman–Crippen MR) is 109 cm³/mol. The van der Waals surface area contributed by atoms with Crippen LogP contribution in [0.3, 0.4) is 0 Å². The number of fused-ring (bicyclic) bond motifs is 1. The second-order valence-electron chi connectivity index (χ2n) is 7.49. The molecule has 6 heteroatoms. The fourth-order valence-corrected chi connectivity index (χ4v) is 3.60. The van der Waals surface area contributed by atoms with Crippen LogP contribution in [-0.4, -0.2) is 33.9 Å². The van der Waals surface area contributed by atoms with Crippen molar-refractivity contribution in [2.75, 3.05) is 6.54 Å². The largest absolute Gasteiger partial charge is 0.487 e. The molecule has 0 aliphatic carbocycles. The van der Waals surface area contributed by atoms with E-state index in [1.165, 1.54) is 5.56 Å². The van der Waals surface area contributed by atoms with Crippen molar-refractivity contribution in [3.63, 3.8) is 0 Å². The quantitative estimate of drug-likeness (QED) is 0.716. The molecular weight excluding hydrogens is 352 g/mol. The fraction of sp³-hybridized carbons (Fsp3) is 0.364. The minimum absolute atomic E-state index is 0.0609. The van der Waals surface area contributed by atoms with E-state index < -0.39 is 0 Å². The lowest BCUT2D eigenvalue weighted by atomic mass is 9.99. The number of carbonyl (C=O) groups is 1. The average molecular weight is 378 g/mol. The molecule has 2 N–H and O–H groups in total. The SMILES string of the molecule is Cc1ccc2nc(COc3cccc(C(=O)NC4CCCNC4C)c3)cn2c1. The van der Waals surface area contributed by atoms with Gasteiger partial charge < -0.3 is 19.8 Å². The zero-order valence-electron chi connectivity index (χ0n) is 16.3. The second kappa shape index (κ2) is 8.02. The van der Waals surface area contributed by atoms with Crippen LogP contribution >= 0.6 is 0 Å². The predicted octanol–water partition coefficient (Wildman–Crippen LogP) is 3.09. The summed E-state index contributed by atoms with van der Waals surface area (Å²) in [6.07, 6.45) is 6.09. The summed E-state index contributed by atoms with van der Waals surface area (Å²) in [6.45, 7) is 5.53. The molecule has 1 aliphatic rings. The minimum Gasteiger partial charge on any atom is -0.487 e. The molecule has 2 aromatic heterocycles. The lowest BCUT2D eigenvalue weighted by Crippen LogP contribution is -2.51. The Morgan fingerprint density at radius 1 is 1.32 bits per heavy atom. The molecule has 1 aliphatic heterocycles. The van der Waals surface area contributed by atoms with Gasteiger partial charge in [-0.25, -0.2) is 4.98 Å². The van der Waals surface area contributed by atoms with Gasteiger partial charge in [-0.3, -0.25) is 4.79 Å². The molecule has 6 nitrogen and oxygen atoms in total. The maximum Gasteiger partial charge on any atom is 0.251 e. The normalized spacial score (nSPS) is 19.5. The number of hydrogen-bond acceptors (Lipinski definition) is 4. The molecule has 1 aromatic carbocycles. The average Bonchev–Trinajstić information content (AvgIpc) is 3.10. The number of pyridine rings is 1. The summed E-state index contributed by atoms with van der Waals surface area (Å²) in [5, 5.41) is 6.54. The number of imidazole rings is 1. The van der Waals surface area contributed by atoms with Gasteiger partial charge in [-0.15, -0.1) is 0 Å².